The number of aliphatic hydroxyl groups excluding tert-OH is 2. The third-order valence-corrected chi connectivity index (χ3v) is 11.7. The van der Waals surface area contributed by atoms with Crippen molar-refractivity contribution in [3.63, 3.8) is 0 Å². The molecule has 2 fully saturated rings. The summed E-state index contributed by atoms with van der Waals surface area (Å²) >= 11 is 0. The van der Waals surface area contributed by atoms with E-state index in [9.17, 15) is 29.4 Å². The number of anilines is 3. The fourth-order valence-corrected chi connectivity index (χ4v) is 8.08. The van der Waals surface area contributed by atoms with Gasteiger partial charge in [0, 0.05) is 68.6 Å². The molecule has 5 amide bonds. The molecule has 7 rings (SSSR count). The molecule has 0 radical (unpaired) electrons. The van der Waals surface area contributed by atoms with Crippen LogP contribution >= 0.6 is 0 Å². The fourth-order valence-electron chi connectivity index (χ4n) is 8.08. The van der Waals surface area contributed by atoms with Gasteiger partial charge in [-0.2, -0.15) is 9.61 Å². The number of urea groups is 1. The number of hydrogen-bond acceptors (Lipinski definition) is 11. The van der Waals surface area contributed by atoms with E-state index in [2.05, 4.69) is 51.2 Å². The zero-order valence-electron chi connectivity index (χ0n) is 34.1. The normalized spacial score (nSPS) is 18.3. The molecule has 5 heterocycles. The molecule has 3 aliphatic rings. The molecule has 0 aliphatic carbocycles. The molecule has 59 heavy (non-hydrogen) atoms. The van der Waals surface area contributed by atoms with Crippen LogP contribution in [0.5, 0.6) is 0 Å². The number of benzene rings is 2. The van der Waals surface area contributed by atoms with Crippen LogP contribution in [0.15, 0.2) is 54.7 Å². The zero-order valence-corrected chi connectivity index (χ0v) is 34.1. The number of imide groups is 1. The minimum atomic E-state index is -0.774. The van der Waals surface area contributed by atoms with E-state index < -0.39 is 18.2 Å². The van der Waals surface area contributed by atoms with E-state index in [0.717, 1.165) is 73.3 Å². The van der Waals surface area contributed by atoms with E-state index in [1.807, 2.05) is 53.6 Å². The molecule has 3 aliphatic heterocycles. The first-order valence-electron chi connectivity index (χ1n) is 20.8. The van der Waals surface area contributed by atoms with Gasteiger partial charge in [0.1, 0.15) is 17.7 Å². The van der Waals surface area contributed by atoms with Gasteiger partial charge in [-0.15, -0.1) is 0 Å². The number of aliphatic hydroxyl groups is 2. The standard InChI is InChI=1S/C43H56N10O6/c1-27(2)33-24-45-53-38(22-37(48-40(33)53)47-35(26-54)28(3)55)44-23-29-11-13-31(14-12-29)46-43(59)51-20-18-50(19-21-51)17-6-4-5-8-30-9-7-10-32-34(30)25-52(42(32)58)36-15-16-39(56)49-41(36)57/h7,9-14,22,24,27-28,35-36,44,54-55H,4-6,8,15-21,23,25-26H2,1-3H3,(H,46,59)(H,47,48)(H,49,56,57)/t28-,35+,36?/m1/s1. The Hall–Kier alpha value is -5.58. The minimum absolute atomic E-state index is 0.113. The predicted molar refractivity (Wildman–Crippen MR) is 224 cm³/mol. The van der Waals surface area contributed by atoms with Gasteiger partial charge in [-0.05, 0) is 80.0 Å². The highest BCUT2D eigenvalue weighted by Crippen LogP contribution is 2.31. The van der Waals surface area contributed by atoms with Crippen LogP contribution in [0.4, 0.5) is 22.1 Å². The molecule has 2 aromatic carbocycles. The molecule has 0 spiro atoms. The fraction of sp³-hybridized carbons (Fsp3) is 0.488. The van der Waals surface area contributed by atoms with Gasteiger partial charge in [0.15, 0.2) is 5.65 Å². The lowest BCUT2D eigenvalue weighted by atomic mass is 9.98. The number of piperidine rings is 1. The van der Waals surface area contributed by atoms with Gasteiger partial charge < -0.3 is 36.0 Å². The molecule has 314 valence electrons. The summed E-state index contributed by atoms with van der Waals surface area (Å²) in [5.74, 6) is 0.614. The molecular formula is C43H56N10O6. The molecule has 2 aromatic heterocycles. The molecule has 16 heteroatoms. The summed E-state index contributed by atoms with van der Waals surface area (Å²) in [5, 5.41) is 36.4. The monoisotopic (exact) mass is 808 g/mol. The van der Waals surface area contributed by atoms with Gasteiger partial charge in [0.2, 0.25) is 11.8 Å². The van der Waals surface area contributed by atoms with Crippen LogP contribution in [0.3, 0.4) is 0 Å². The van der Waals surface area contributed by atoms with Crippen molar-refractivity contribution in [3.05, 3.63) is 82.5 Å². The van der Waals surface area contributed by atoms with Gasteiger partial charge in [-0.25, -0.2) is 9.78 Å². The van der Waals surface area contributed by atoms with Crippen LogP contribution in [0, 0.1) is 0 Å². The number of hydrogen-bond donors (Lipinski definition) is 6. The summed E-state index contributed by atoms with van der Waals surface area (Å²) in [6, 6.07) is 14.1. The van der Waals surface area contributed by atoms with Crippen molar-refractivity contribution in [1.29, 1.82) is 0 Å². The van der Waals surface area contributed by atoms with Crippen molar-refractivity contribution in [1.82, 2.24) is 34.6 Å². The Morgan fingerprint density at radius 3 is 2.49 bits per heavy atom. The minimum Gasteiger partial charge on any atom is -0.394 e. The largest absolute Gasteiger partial charge is 0.394 e. The van der Waals surface area contributed by atoms with Crippen LogP contribution < -0.4 is 21.3 Å². The number of carbonyl (C=O) groups excluding carboxylic acids is 4. The van der Waals surface area contributed by atoms with Crippen LogP contribution in [0.25, 0.3) is 5.65 Å². The Balaban J connectivity index is 0.832. The van der Waals surface area contributed by atoms with E-state index in [4.69, 9.17) is 4.98 Å². The second-order valence-corrected chi connectivity index (χ2v) is 16.2. The second-order valence-electron chi connectivity index (χ2n) is 16.2. The molecule has 6 N–H and O–H groups in total. The number of nitrogens with one attached hydrogen (secondary N) is 4. The molecule has 3 atom stereocenters. The maximum Gasteiger partial charge on any atom is 0.321 e. The number of unbranched alkanes of at least 4 members (excludes halogenated alkanes) is 2. The lowest BCUT2D eigenvalue weighted by Gasteiger charge is -2.34. The topological polar surface area (TPSA) is 197 Å². The summed E-state index contributed by atoms with van der Waals surface area (Å²) in [7, 11) is 0. The first-order chi connectivity index (χ1) is 28.5. The molecule has 0 bridgehead atoms. The number of carbonyl (C=O) groups is 4. The first kappa shape index (κ1) is 41.6. The van der Waals surface area contributed by atoms with Gasteiger partial charge in [0.25, 0.3) is 5.91 Å². The number of amides is 5. The number of aromatic nitrogens is 3. The Morgan fingerprint density at radius 1 is 1.00 bits per heavy atom. The smallest absolute Gasteiger partial charge is 0.321 e. The molecule has 0 saturated carbocycles. The Bertz CT molecular complexity index is 2150. The SMILES string of the molecule is CC(C)c1cnn2c(NCc3ccc(NC(=O)N4CCN(CCCCCc5cccc6c5CN(C5CCC(=O)NC5=O)C6=O)CC4)cc3)cc(N[C@@H](CO)[C@@H](C)O)nc12. The number of aryl methyl sites for hydroxylation is 1. The van der Waals surface area contributed by atoms with Crippen LogP contribution in [-0.4, -0.2) is 121 Å². The van der Waals surface area contributed by atoms with Crippen molar-refractivity contribution < 1.29 is 29.4 Å². The lowest BCUT2D eigenvalue weighted by Crippen LogP contribution is -2.52. The average Bonchev–Trinajstić information content (AvgIpc) is 3.81. The lowest BCUT2D eigenvalue weighted by molar-refractivity contribution is -0.136. The molecule has 1 unspecified atom stereocenters. The summed E-state index contributed by atoms with van der Waals surface area (Å²) < 4.78 is 1.76. The van der Waals surface area contributed by atoms with Gasteiger partial charge in [-0.3, -0.25) is 24.6 Å². The average molecular weight is 809 g/mol. The highest BCUT2D eigenvalue weighted by Gasteiger charge is 2.39. The highest BCUT2D eigenvalue weighted by molar-refractivity contribution is 6.05. The molecule has 4 aromatic rings. The van der Waals surface area contributed by atoms with Crippen LogP contribution in [-0.2, 0) is 29.1 Å². The number of piperazine rings is 1. The van der Waals surface area contributed by atoms with E-state index in [0.29, 0.717) is 55.4 Å². The van der Waals surface area contributed by atoms with Gasteiger partial charge in [0.05, 0.1) is 24.9 Å². The van der Waals surface area contributed by atoms with E-state index >= 15 is 0 Å². The van der Waals surface area contributed by atoms with Crippen molar-refractivity contribution in [2.24, 2.45) is 0 Å². The zero-order chi connectivity index (χ0) is 41.6. The quantitative estimate of drug-likeness (QED) is 0.0709. The Kier molecular flexibility index (Phi) is 13.1. The van der Waals surface area contributed by atoms with Crippen molar-refractivity contribution in [3.8, 4) is 0 Å². The van der Waals surface area contributed by atoms with E-state index in [-0.39, 0.29) is 42.7 Å². The third-order valence-electron chi connectivity index (χ3n) is 11.7. The summed E-state index contributed by atoms with van der Waals surface area (Å²) in [6.07, 6.45) is 5.58. The van der Waals surface area contributed by atoms with Crippen molar-refractivity contribution in [2.75, 3.05) is 55.3 Å². The van der Waals surface area contributed by atoms with Crippen molar-refractivity contribution >= 4 is 46.7 Å². The van der Waals surface area contributed by atoms with Crippen LogP contribution in [0.1, 0.15) is 91.4 Å². The van der Waals surface area contributed by atoms with Crippen molar-refractivity contribution in [2.45, 2.75) is 96.5 Å². The predicted octanol–water partition coefficient (Wildman–Crippen LogP) is 3.94. The molecule has 16 nitrogen and oxygen atoms in total. The number of rotatable bonds is 16. The number of nitrogens with zero attached hydrogens (tertiary/aromatic N) is 6. The van der Waals surface area contributed by atoms with E-state index in [1.165, 1.54) is 0 Å². The molecule has 2 saturated heterocycles. The summed E-state index contributed by atoms with van der Waals surface area (Å²) in [5.41, 5.74) is 6.21. The van der Waals surface area contributed by atoms with Gasteiger partial charge in [-0.1, -0.05) is 44.5 Å². The van der Waals surface area contributed by atoms with Gasteiger partial charge >= 0.3 is 6.03 Å². The third kappa shape index (κ3) is 9.67. The Labute approximate surface area is 344 Å². The second kappa shape index (κ2) is 18.6. The van der Waals surface area contributed by atoms with Crippen LogP contribution in [0.2, 0.25) is 0 Å². The molecular weight excluding hydrogens is 753 g/mol. The first-order valence-corrected chi connectivity index (χ1v) is 20.8. The summed E-state index contributed by atoms with van der Waals surface area (Å²) in [4.78, 5) is 61.0. The maximum atomic E-state index is 13.2. The number of fused-ring (bicyclic) bond motifs is 2. The highest BCUT2D eigenvalue weighted by atomic mass is 16.3. The Morgan fingerprint density at radius 2 is 1.78 bits per heavy atom. The maximum absolute atomic E-state index is 13.2. The van der Waals surface area contributed by atoms with E-state index in [1.54, 1.807) is 16.3 Å². The summed E-state index contributed by atoms with van der Waals surface area (Å²) in [6.45, 7) is 10.3.